The minimum Gasteiger partial charge on any atom is -0.480 e. The van der Waals surface area contributed by atoms with E-state index in [0.717, 1.165) is 0 Å². The van der Waals surface area contributed by atoms with Crippen molar-refractivity contribution in [3.63, 3.8) is 0 Å². The second-order valence-corrected chi connectivity index (χ2v) is 4.43. The number of carbonyl (C=O) groups excluding carboxylic acids is 1. The lowest BCUT2D eigenvalue weighted by Crippen LogP contribution is -2.41. The Hall–Kier alpha value is -2.29. The summed E-state index contributed by atoms with van der Waals surface area (Å²) in [5.74, 6) is 0.906. The molecule has 1 atom stereocenters. The van der Waals surface area contributed by atoms with Gasteiger partial charge in [-0.05, 0) is 6.92 Å². The zero-order valence-corrected chi connectivity index (χ0v) is 11.1. The van der Waals surface area contributed by atoms with Gasteiger partial charge in [0, 0.05) is 12.3 Å². The first-order valence-electron chi connectivity index (χ1n) is 5.81. The molecular formula is C13H16N2O4. The highest BCUT2D eigenvalue weighted by Crippen LogP contribution is 2.22. The molecule has 0 aliphatic rings. The number of carbonyl (C=O) groups is 2. The summed E-state index contributed by atoms with van der Waals surface area (Å²) in [6, 6.07) is -1.12. The molecule has 0 saturated heterocycles. The molecule has 102 valence electrons. The SMILES string of the molecule is C#CCC(NC(=O)c1c(C)noc1C(C)C)C(=O)O. The number of carboxylic acids is 1. The molecule has 0 fully saturated rings. The van der Waals surface area contributed by atoms with Crippen LogP contribution in [0.3, 0.4) is 0 Å². The Balaban J connectivity index is 2.98. The number of amides is 1. The van der Waals surface area contributed by atoms with Crippen LogP contribution in [0.1, 0.15) is 48.0 Å². The summed E-state index contributed by atoms with van der Waals surface area (Å²) < 4.78 is 5.08. The summed E-state index contributed by atoms with van der Waals surface area (Å²) in [4.78, 5) is 23.0. The van der Waals surface area contributed by atoms with Gasteiger partial charge in [-0.3, -0.25) is 4.79 Å². The van der Waals surface area contributed by atoms with Gasteiger partial charge < -0.3 is 14.9 Å². The Morgan fingerprint density at radius 2 is 2.16 bits per heavy atom. The van der Waals surface area contributed by atoms with E-state index in [1.54, 1.807) is 6.92 Å². The molecule has 1 rings (SSSR count). The molecule has 1 aromatic rings. The van der Waals surface area contributed by atoms with E-state index in [0.29, 0.717) is 11.5 Å². The fourth-order valence-corrected chi connectivity index (χ4v) is 1.61. The average molecular weight is 264 g/mol. The first-order valence-corrected chi connectivity index (χ1v) is 5.81. The number of aliphatic carboxylic acids is 1. The number of nitrogens with one attached hydrogen (secondary N) is 1. The maximum absolute atomic E-state index is 12.1. The van der Waals surface area contributed by atoms with E-state index in [2.05, 4.69) is 16.4 Å². The third-order valence-corrected chi connectivity index (χ3v) is 2.57. The Kier molecular flexibility index (Phi) is 4.70. The second kappa shape index (κ2) is 6.05. The number of aryl methyl sites for hydroxylation is 1. The van der Waals surface area contributed by atoms with Crippen LogP contribution >= 0.6 is 0 Å². The zero-order valence-electron chi connectivity index (χ0n) is 11.1. The molecule has 19 heavy (non-hydrogen) atoms. The Morgan fingerprint density at radius 1 is 1.53 bits per heavy atom. The molecule has 0 radical (unpaired) electrons. The molecule has 0 aliphatic heterocycles. The van der Waals surface area contributed by atoms with Crippen LogP contribution in [0.25, 0.3) is 0 Å². The monoisotopic (exact) mass is 264 g/mol. The van der Waals surface area contributed by atoms with Crippen LogP contribution in [0, 0.1) is 19.3 Å². The van der Waals surface area contributed by atoms with Crippen LogP contribution in [0.4, 0.5) is 0 Å². The Labute approximate surface area is 111 Å². The van der Waals surface area contributed by atoms with Crippen molar-refractivity contribution in [2.24, 2.45) is 0 Å². The molecule has 2 N–H and O–H groups in total. The van der Waals surface area contributed by atoms with Crippen molar-refractivity contribution in [3.8, 4) is 12.3 Å². The van der Waals surface area contributed by atoms with E-state index in [9.17, 15) is 9.59 Å². The lowest BCUT2D eigenvalue weighted by molar-refractivity contribution is -0.139. The maximum atomic E-state index is 12.1. The second-order valence-electron chi connectivity index (χ2n) is 4.43. The van der Waals surface area contributed by atoms with Gasteiger partial charge in [-0.15, -0.1) is 12.3 Å². The number of nitrogens with zero attached hydrogens (tertiary/aromatic N) is 1. The quantitative estimate of drug-likeness (QED) is 0.782. The molecule has 0 aliphatic carbocycles. The lowest BCUT2D eigenvalue weighted by Gasteiger charge is -2.12. The Bertz CT molecular complexity index is 525. The van der Waals surface area contributed by atoms with Crippen LogP contribution in [-0.4, -0.2) is 28.2 Å². The van der Waals surface area contributed by atoms with E-state index in [1.807, 2.05) is 13.8 Å². The van der Waals surface area contributed by atoms with Crippen molar-refractivity contribution in [2.75, 3.05) is 0 Å². The average Bonchev–Trinajstić information content (AvgIpc) is 2.70. The van der Waals surface area contributed by atoms with Crippen LogP contribution < -0.4 is 5.32 Å². The Morgan fingerprint density at radius 3 is 2.63 bits per heavy atom. The van der Waals surface area contributed by atoms with Crippen LogP contribution in [0.15, 0.2) is 4.52 Å². The van der Waals surface area contributed by atoms with Gasteiger partial charge in [-0.2, -0.15) is 0 Å². The van der Waals surface area contributed by atoms with Crippen molar-refractivity contribution in [1.82, 2.24) is 10.5 Å². The largest absolute Gasteiger partial charge is 0.480 e. The summed E-state index contributed by atoms with van der Waals surface area (Å²) in [6.07, 6.45) is 4.99. The van der Waals surface area contributed by atoms with Gasteiger partial charge in [0.1, 0.15) is 11.6 Å². The highest BCUT2D eigenvalue weighted by molar-refractivity contribution is 5.98. The third kappa shape index (κ3) is 3.35. The first kappa shape index (κ1) is 14.8. The smallest absolute Gasteiger partial charge is 0.327 e. The number of aromatic nitrogens is 1. The third-order valence-electron chi connectivity index (χ3n) is 2.57. The van der Waals surface area contributed by atoms with E-state index in [1.165, 1.54) is 0 Å². The topological polar surface area (TPSA) is 92.4 Å². The van der Waals surface area contributed by atoms with E-state index >= 15 is 0 Å². The molecule has 0 spiro atoms. The summed E-state index contributed by atoms with van der Waals surface area (Å²) >= 11 is 0. The maximum Gasteiger partial charge on any atom is 0.327 e. The molecule has 0 aromatic carbocycles. The molecule has 1 amide bonds. The molecule has 6 nitrogen and oxygen atoms in total. The standard InChI is InChI=1S/C13H16N2O4/c1-5-6-9(13(17)18)14-12(16)10-8(4)15-19-11(10)7(2)3/h1,7,9H,6H2,2-4H3,(H,14,16)(H,17,18). The fraction of sp³-hybridized carbons (Fsp3) is 0.462. The highest BCUT2D eigenvalue weighted by atomic mass is 16.5. The van der Waals surface area contributed by atoms with Crippen molar-refractivity contribution in [1.29, 1.82) is 0 Å². The molecule has 0 saturated carbocycles. The van der Waals surface area contributed by atoms with Gasteiger partial charge in [0.05, 0.1) is 5.69 Å². The minimum absolute atomic E-state index is 0.0298. The van der Waals surface area contributed by atoms with E-state index < -0.39 is 17.9 Å². The first-order chi connectivity index (χ1) is 8.88. The van der Waals surface area contributed by atoms with Crippen molar-refractivity contribution >= 4 is 11.9 Å². The highest BCUT2D eigenvalue weighted by Gasteiger charge is 2.26. The number of hydrogen-bond donors (Lipinski definition) is 2. The van der Waals surface area contributed by atoms with Crippen LogP contribution in [-0.2, 0) is 4.79 Å². The predicted molar refractivity (Wildman–Crippen MR) is 67.7 cm³/mol. The molecule has 1 heterocycles. The van der Waals surface area contributed by atoms with Gasteiger partial charge in [0.15, 0.2) is 5.76 Å². The van der Waals surface area contributed by atoms with Gasteiger partial charge in [0.25, 0.3) is 5.91 Å². The molecule has 6 heteroatoms. The summed E-state index contributed by atoms with van der Waals surface area (Å²) in [5.41, 5.74) is 0.698. The predicted octanol–water partition coefficient (Wildman–Crippen LogP) is 1.31. The van der Waals surface area contributed by atoms with Gasteiger partial charge in [0.2, 0.25) is 0 Å². The summed E-state index contributed by atoms with van der Waals surface area (Å²) in [5, 5.41) is 15.1. The summed E-state index contributed by atoms with van der Waals surface area (Å²) in [7, 11) is 0. The van der Waals surface area contributed by atoms with Crippen LogP contribution in [0.5, 0.6) is 0 Å². The van der Waals surface area contributed by atoms with Gasteiger partial charge in [-0.25, -0.2) is 4.79 Å². The van der Waals surface area contributed by atoms with E-state index in [4.69, 9.17) is 16.1 Å². The van der Waals surface area contributed by atoms with Crippen molar-refractivity contribution in [3.05, 3.63) is 17.0 Å². The lowest BCUT2D eigenvalue weighted by atomic mass is 10.0. The minimum atomic E-state index is -1.17. The molecule has 1 unspecified atom stereocenters. The van der Waals surface area contributed by atoms with Gasteiger partial charge in [-0.1, -0.05) is 19.0 Å². The zero-order chi connectivity index (χ0) is 14.6. The number of terminal acetylenes is 1. The number of carboxylic acid groups (broad SMARTS) is 1. The van der Waals surface area contributed by atoms with E-state index in [-0.39, 0.29) is 17.9 Å². The van der Waals surface area contributed by atoms with Crippen LogP contribution in [0.2, 0.25) is 0 Å². The fourth-order valence-electron chi connectivity index (χ4n) is 1.61. The number of hydrogen-bond acceptors (Lipinski definition) is 4. The van der Waals surface area contributed by atoms with Crippen molar-refractivity contribution < 1.29 is 19.2 Å². The number of rotatable bonds is 5. The molecular weight excluding hydrogens is 248 g/mol. The van der Waals surface area contributed by atoms with Gasteiger partial charge >= 0.3 is 5.97 Å². The normalized spacial score (nSPS) is 11.9. The molecule has 0 bridgehead atoms. The van der Waals surface area contributed by atoms with Crippen molar-refractivity contribution in [2.45, 2.75) is 39.2 Å². The summed E-state index contributed by atoms with van der Waals surface area (Å²) in [6.45, 7) is 5.33. The molecule has 1 aromatic heterocycles.